The summed E-state index contributed by atoms with van der Waals surface area (Å²) < 4.78 is 5.17. The van der Waals surface area contributed by atoms with Crippen LogP contribution in [0, 0.1) is 0 Å². The zero-order valence-corrected chi connectivity index (χ0v) is 12.3. The highest BCUT2D eigenvalue weighted by Gasteiger charge is 2.16. The van der Waals surface area contributed by atoms with Gasteiger partial charge >= 0.3 is 0 Å². The average Bonchev–Trinajstić information content (AvgIpc) is 2.91. The monoisotopic (exact) mass is 297 g/mol. The predicted octanol–water partition coefficient (Wildman–Crippen LogP) is 4.87. The molecule has 1 heterocycles. The molecule has 1 aromatic carbocycles. The lowest BCUT2D eigenvalue weighted by molar-refractivity contribution is 0.512. The molecule has 0 saturated carbocycles. The second-order valence-corrected chi connectivity index (χ2v) is 5.28. The maximum Gasteiger partial charge on any atom is 0.0950 e. The fourth-order valence-electron chi connectivity index (χ4n) is 2.03. The SMILES string of the molecule is CCCNC(Cc1c(Cl)cccc1Cl)c1ccoc1. The Balaban J connectivity index is 2.20. The Kier molecular flexibility index (Phi) is 5.32. The number of rotatable bonds is 6. The molecule has 0 saturated heterocycles. The Morgan fingerprint density at radius 3 is 2.53 bits per heavy atom. The molecule has 0 radical (unpaired) electrons. The molecular weight excluding hydrogens is 281 g/mol. The minimum Gasteiger partial charge on any atom is -0.472 e. The highest BCUT2D eigenvalue weighted by Crippen LogP contribution is 2.29. The first-order valence-electron chi connectivity index (χ1n) is 6.40. The van der Waals surface area contributed by atoms with Crippen LogP contribution in [0.4, 0.5) is 0 Å². The molecule has 0 bridgehead atoms. The topological polar surface area (TPSA) is 25.2 Å². The zero-order chi connectivity index (χ0) is 13.7. The van der Waals surface area contributed by atoms with Crippen LogP contribution in [0.15, 0.2) is 41.2 Å². The molecule has 19 heavy (non-hydrogen) atoms. The molecule has 0 fully saturated rings. The first-order chi connectivity index (χ1) is 9.22. The van der Waals surface area contributed by atoms with Gasteiger partial charge in [0.25, 0.3) is 0 Å². The van der Waals surface area contributed by atoms with Gasteiger partial charge in [0, 0.05) is 21.7 Å². The van der Waals surface area contributed by atoms with Crippen molar-refractivity contribution in [2.45, 2.75) is 25.8 Å². The summed E-state index contributed by atoms with van der Waals surface area (Å²) >= 11 is 12.5. The Labute approximate surface area is 123 Å². The van der Waals surface area contributed by atoms with Crippen molar-refractivity contribution < 1.29 is 4.42 Å². The van der Waals surface area contributed by atoms with Crippen LogP contribution in [0.5, 0.6) is 0 Å². The molecule has 2 aromatic rings. The molecule has 102 valence electrons. The summed E-state index contributed by atoms with van der Waals surface area (Å²) in [5, 5.41) is 4.91. The Bertz CT molecular complexity index is 491. The van der Waals surface area contributed by atoms with E-state index in [2.05, 4.69) is 12.2 Å². The second kappa shape index (κ2) is 6.99. The van der Waals surface area contributed by atoms with Crippen molar-refractivity contribution in [3.63, 3.8) is 0 Å². The average molecular weight is 298 g/mol. The summed E-state index contributed by atoms with van der Waals surface area (Å²) in [6.45, 7) is 3.08. The number of hydrogen-bond donors (Lipinski definition) is 1. The maximum absolute atomic E-state index is 6.23. The molecule has 2 nitrogen and oxygen atoms in total. The van der Waals surface area contributed by atoms with Gasteiger partial charge in [0.1, 0.15) is 0 Å². The largest absolute Gasteiger partial charge is 0.472 e. The third-order valence-corrected chi connectivity index (χ3v) is 3.76. The quantitative estimate of drug-likeness (QED) is 0.823. The third-order valence-electron chi connectivity index (χ3n) is 3.06. The van der Waals surface area contributed by atoms with Crippen molar-refractivity contribution in [3.8, 4) is 0 Å². The van der Waals surface area contributed by atoms with Crippen LogP contribution in [0.3, 0.4) is 0 Å². The minimum atomic E-state index is 0.163. The Hall–Kier alpha value is -0.960. The summed E-state index contributed by atoms with van der Waals surface area (Å²) in [7, 11) is 0. The summed E-state index contributed by atoms with van der Waals surface area (Å²) in [4.78, 5) is 0. The van der Waals surface area contributed by atoms with Crippen LogP contribution in [0.2, 0.25) is 10.0 Å². The number of hydrogen-bond acceptors (Lipinski definition) is 2. The fraction of sp³-hybridized carbons (Fsp3) is 0.333. The molecule has 1 N–H and O–H groups in total. The highest BCUT2D eigenvalue weighted by atomic mass is 35.5. The van der Waals surface area contributed by atoms with E-state index in [1.807, 2.05) is 24.3 Å². The van der Waals surface area contributed by atoms with Crippen molar-refractivity contribution in [1.29, 1.82) is 0 Å². The van der Waals surface area contributed by atoms with Crippen LogP contribution >= 0.6 is 23.2 Å². The summed E-state index contributed by atoms with van der Waals surface area (Å²) in [5.41, 5.74) is 2.09. The molecule has 0 aliphatic carbocycles. The molecule has 0 spiro atoms. The lowest BCUT2D eigenvalue weighted by Gasteiger charge is -2.18. The van der Waals surface area contributed by atoms with Gasteiger partial charge in [0.2, 0.25) is 0 Å². The third kappa shape index (κ3) is 3.75. The van der Waals surface area contributed by atoms with Crippen LogP contribution < -0.4 is 5.32 Å². The van der Waals surface area contributed by atoms with E-state index < -0.39 is 0 Å². The van der Waals surface area contributed by atoms with E-state index in [-0.39, 0.29) is 6.04 Å². The zero-order valence-electron chi connectivity index (χ0n) is 10.8. The van der Waals surface area contributed by atoms with Crippen LogP contribution in [0.1, 0.15) is 30.5 Å². The summed E-state index contributed by atoms with van der Waals surface area (Å²) in [6.07, 6.45) is 5.27. The van der Waals surface area contributed by atoms with Gasteiger partial charge in [-0.3, -0.25) is 0 Å². The molecule has 0 aliphatic heterocycles. The van der Waals surface area contributed by atoms with Gasteiger partial charge < -0.3 is 9.73 Å². The molecule has 0 aliphatic rings. The lowest BCUT2D eigenvalue weighted by atomic mass is 10.0. The number of furan rings is 1. The van der Waals surface area contributed by atoms with Gasteiger partial charge in [-0.15, -0.1) is 0 Å². The molecule has 4 heteroatoms. The normalized spacial score (nSPS) is 12.6. The molecular formula is C15H17Cl2NO. The maximum atomic E-state index is 6.23. The highest BCUT2D eigenvalue weighted by molar-refractivity contribution is 6.36. The van der Waals surface area contributed by atoms with Crippen molar-refractivity contribution >= 4 is 23.2 Å². The van der Waals surface area contributed by atoms with E-state index in [1.54, 1.807) is 12.5 Å². The van der Waals surface area contributed by atoms with Gasteiger partial charge in [0.05, 0.1) is 12.5 Å². The molecule has 1 atom stereocenters. The second-order valence-electron chi connectivity index (χ2n) is 4.47. The van der Waals surface area contributed by atoms with Crippen molar-refractivity contribution in [1.82, 2.24) is 5.32 Å². The van der Waals surface area contributed by atoms with Gasteiger partial charge in [-0.05, 0) is 43.1 Å². The van der Waals surface area contributed by atoms with Crippen LogP contribution in [-0.2, 0) is 6.42 Å². The van der Waals surface area contributed by atoms with Crippen molar-refractivity contribution in [3.05, 3.63) is 58.0 Å². The Morgan fingerprint density at radius 2 is 1.95 bits per heavy atom. The number of halogens is 2. The van der Waals surface area contributed by atoms with E-state index in [9.17, 15) is 0 Å². The van der Waals surface area contributed by atoms with E-state index in [0.29, 0.717) is 10.0 Å². The molecule has 2 rings (SSSR count). The van der Waals surface area contributed by atoms with E-state index in [0.717, 1.165) is 30.5 Å². The standard InChI is InChI=1S/C15H17Cl2NO/c1-2-7-18-15(11-6-8-19-10-11)9-12-13(16)4-3-5-14(12)17/h3-6,8,10,15,18H,2,7,9H2,1H3. The van der Waals surface area contributed by atoms with E-state index in [1.165, 1.54) is 0 Å². The van der Waals surface area contributed by atoms with Gasteiger partial charge in [-0.25, -0.2) is 0 Å². The molecule has 1 aromatic heterocycles. The first kappa shape index (κ1) is 14.4. The van der Waals surface area contributed by atoms with Crippen LogP contribution in [-0.4, -0.2) is 6.54 Å². The number of nitrogens with one attached hydrogen (secondary N) is 1. The summed E-state index contributed by atoms with van der Waals surface area (Å²) in [5.74, 6) is 0. The van der Waals surface area contributed by atoms with E-state index in [4.69, 9.17) is 27.6 Å². The van der Waals surface area contributed by atoms with Crippen molar-refractivity contribution in [2.75, 3.05) is 6.54 Å². The smallest absolute Gasteiger partial charge is 0.0950 e. The van der Waals surface area contributed by atoms with Crippen molar-refractivity contribution in [2.24, 2.45) is 0 Å². The van der Waals surface area contributed by atoms with Gasteiger partial charge in [-0.1, -0.05) is 36.2 Å². The number of benzene rings is 1. The fourth-order valence-corrected chi connectivity index (χ4v) is 2.58. The summed E-state index contributed by atoms with van der Waals surface area (Å²) in [6, 6.07) is 7.74. The first-order valence-corrected chi connectivity index (χ1v) is 7.16. The van der Waals surface area contributed by atoms with E-state index >= 15 is 0 Å². The Morgan fingerprint density at radius 1 is 1.21 bits per heavy atom. The molecule has 0 amide bonds. The lowest BCUT2D eigenvalue weighted by Crippen LogP contribution is -2.23. The van der Waals surface area contributed by atoms with Gasteiger partial charge in [-0.2, -0.15) is 0 Å². The predicted molar refractivity (Wildman–Crippen MR) is 79.9 cm³/mol. The molecule has 1 unspecified atom stereocenters. The van der Waals surface area contributed by atoms with Gasteiger partial charge in [0.15, 0.2) is 0 Å². The van der Waals surface area contributed by atoms with Crippen LogP contribution in [0.25, 0.3) is 0 Å². The minimum absolute atomic E-state index is 0.163.